The molecule has 0 saturated carbocycles. The summed E-state index contributed by atoms with van der Waals surface area (Å²) in [6.45, 7) is 0. The van der Waals surface area contributed by atoms with Crippen LogP contribution in [0.15, 0.2) is 42.5 Å². The molecule has 0 aliphatic heterocycles. The number of carbonyl (C=O) groups excluding carboxylic acids is 1. The Hall–Kier alpha value is -2.49. The van der Waals surface area contributed by atoms with E-state index in [0.29, 0.717) is 7.11 Å². The third-order valence-electron chi connectivity index (χ3n) is 4.29. The first-order valence-electron chi connectivity index (χ1n) is 8.23. The van der Waals surface area contributed by atoms with Gasteiger partial charge in [-0.25, -0.2) is 4.79 Å². The predicted octanol–water partition coefficient (Wildman–Crippen LogP) is 4.35. The van der Waals surface area contributed by atoms with Crippen molar-refractivity contribution in [1.82, 2.24) is 5.32 Å². The molecule has 0 aromatic heterocycles. The van der Waals surface area contributed by atoms with E-state index in [1.54, 1.807) is 0 Å². The molecule has 0 aliphatic rings. The van der Waals surface area contributed by atoms with Crippen LogP contribution >= 0.6 is 23.2 Å². The van der Waals surface area contributed by atoms with Gasteiger partial charge in [0.2, 0.25) is 0 Å². The van der Waals surface area contributed by atoms with Crippen molar-refractivity contribution in [2.45, 2.75) is 17.8 Å². The SMILES string of the molecule is COc1c(Cl)cc([C@@H](NC(=O)[C@](OC)(c2ccccc2)C(F)(F)F)C(=O)O)cc1Cl. The monoisotopic (exact) mass is 465 g/mol. The number of carboxylic acid groups (broad SMARTS) is 1. The number of alkyl halides is 3. The number of ether oxygens (including phenoxy) is 2. The van der Waals surface area contributed by atoms with Gasteiger partial charge in [-0.15, -0.1) is 0 Å². The van der Waals surface area contributed by atoms with Crippen molar-refractivity contribution in [2.75, 3.05) is 14.2 Å². The largest absolute Gasteiger partial charge is 0.494 e. The summed E-state index contributed by atoms with van der Waals surface area (Å²) in [6.07, 6.45) is -5.20. The number of halogens is 5. The number of benzene rings is 2. The molecule has 1 amide bonds. The fraction of sp³-hybridized carbons (Fsp3) is 0.263. The van der Waals surface area contributed by atoms with Crippen LogP contribution in [0.25, 0.3) is 0 Å². The molecule has 0 spiro atoms. The Morgan fingerprint density at radius 1 is 1.07 bits per heavy atom. The molecule has 2 N–H and O–H groups in total. The Bertz CT molecular complexity index is 917. The molecular weight excluding hydrogens is 450 g/mol. The van der Waals surface area contributed by atoms with Gasteiger partial charge in [-0.3, -0.25) is 4.79 Å². The van der Waals surface area contributed by atoms with Crippen molar-refractivity contribution in [2.24, 2.45) is 0 Å². The van der Waals surface area contributed by atoms with E-state index in [0.717, 1.165) is 24.3 Å². The van der Waals surface area contributed by atoms with Crippen LogP contribution in [0.4, 0.5) is 13.2 Å². The maximum atomic E-state index is 14.0. The number of hydrogen-bond acceptors (Lipinski definition) is 4. The van der Waals surface area contributed by atoms with Gasteiger partial charge in [0.1, 0.15) is 0 Å². The fourth-order valence-corrected chi connectivity index (χ4v) is 3.54. The minimum atomic E-state index is -5.20. The van der Waals surface area contributed by atoms with Gasteiger partial charge in [-0.1, -0.05) is 53.5 Å². The first-order valence-corrected chi connectivity index (χ1v) is 8.99. The van der Waals surface area contributed by atoms with E-state index in [-0.39, 0.29) is 21.4 Å². The summed E-state index contributed by atoms with van der Waals surface area (Å²) < 4.78 is 51.6. The fourth-order valence-electron chi connectivity index (χ4n) is 2.88. The van der Waals surface area contributed by atoms with Gasteiger partial charge in [0.15, 0.2) is 11.8 Å². The summed E-state index contributed by atoms with van der Waals surface area (Å²) in [5, 5.41) is 11.2. The van der Waals surface area contributed by atoms with Crippen LogP contribution in [0.2, 0.25) is 10.0 Å². The van der Waals surface area contributed by atoms with Crippen molar-refractivity contribution in [3.8, 4) is 5.75 Å². The second-order valence-electron chi connectivity index (χ2n) is 6.01. The average molecular weight is 466 g/mol. The van der Waals surface area contributed by atoms with Gasteiger partial charge in [-0.2, -0.15) is 13.2 Å². The number of nitrogens with one attached hydrogen (secondary N) is 1. The zero-order chi connectivity index (χ0) is 22.7. The molecule has 0 aliphatic carbocycles. The van der Waals surface area contributed by atoms with Gasteiger partial charge >= 0.3 is 12.1 Å². The molecule has 2 atom stereocenters. The lowest BCUT2D eigenvalue weighted by atomic mass is 9.91. The van der Waals surface area contributed by atoms with E-state index in [1.165, 1.54) is 25.3 Å². The summed E-state index contributed by atoms with van der Waals surface area (Å²) >= 11 is 12.0. The number of methoxy groups -OCH3 is 2. The van der Waals surface area contributed by atoms with Crippen LogP contribution in [-0.4, -0.2) is 37.4 Å². The van der Waals surface area contributed by atoms with E-state index >= 15 is 0 Å². The maximum absolute atomic E-state index is 14.0. The Labute approximate surface area is 179 Å². The molecule has 0 radical (unpaired) electrons. The Morgan fingerprint density at radius 2 is 1.60 bits per heavy atom. The standard InChI is InChI=1S/C19H16Cl2F3NO5/c1-29-15-12(20)8-10(9-13(15)21)14(16(26)27)25-17(28)18(30-2,19(22,23)24)11-6-4-3-5-7-11/h3-9,14H,1-2H3,(H,25,28)(H,26,27)/t14-,18-/m1/s1. The molecule has 162 valence electrons. The summed E-state index contributed by atoms with van der Waals surface area (Å²) in [5.41, 5.74) is -4.12. The molecule has 0 unspecified atom stereocenters. The normalized spacial score (nSPS) is 14.5. The van der Waals surface area contributed by atoms with Crippen molar-refractivity contribution in [1.29, 1.82) is 0 Å². The van der Waals surface area contributed by atoms with Crippen LogP contribution < -0.4 is 10.1 Å². The first kappa shape index (κ1) is 23.8. The summed E-state index contributed by atoms with van der Waals surface area (Å²) in [6, 6.07) is 6.48. The number of hydrogen-bond donors (Lipinski definition) is 2. The van der Waals surface area contributed by atoms with Gasteiger partial charge < -0.3 is 19.9 Å². The zero-order valence-electron chi connectivity index (χ0n) is 15.6. The van der Waals surface area contributed by atoms with Crippen LogP contribution in [0.3, 0.4) is 0 Å². The lowest BCUT2D eigenvalue weighted by Crippen LogP contribution is -2.56. The number of carboxylic acids is 1. The van der Waals surface area contributed by atoms with E-state index < -0.39 is 35.3 Å². The minimum absolute atomic E-state index is 0.0448. The Kier molecular flexibility index (Phi) is 7.23. The Balaban J connectivity index is 2.55. The highest BCUT2D eigenvalue weighted by atomic mass is 35.5. The molecule has 0 fully saturated rings. The van der Waals surface area contributed by atoms with Crippen LogP contribution in [0.1, 0.15) is 17.2 Å². The topological polar surface area (TPSA) is 84.9 Å². The van der Waals surface area contributed by atoms with E-state index in [4.69, 9.17) is 27.9 Å². The lowest BCUT2D eigenvalue weighted by Gasteiger charge is -2.34. The van der Waals surface area contributed by atoms with Crippen molar-refractivity contribution in [3.05, 3.63) is 63.6 Å². The maximum Gasteiger partial charge on any atom is 0.430 e. The van der Waals surface area contributed by atoms with Gasteiger partial charge in [0, 0.05) is 12.7 Å². The van der Waals surface area contributed by atoms with Gasteiger partial charge in [0.05, 0.1) is 17.2 Å². The van der Waals surface area contributed by atoms with Crippen LogP contribution in [-0.2, 0) is 19.9 Å². The predicted molar refractivity (Wildman–Crippen MR) is 103 cm³/mol. The number of rotatable bonds is 7. The van der Waals surface area contributed by atoms with Crippen molar-refractivity contribution < 1.29 is 37.3 Å². The number of aliphatic carboxylic acids is 1. The molecule has 11 heteroatoms. The zero-order valence-corrected chi connectivity index (χ0v) is 17.1. The molecule has 2 aromatic rings. The highest BCUT2D eigenvalue weighted by Gasteiger charge is 2.63. The van der Waals surface area contributed by atoms with Crippen LogP contribution in [0, 0.1) is 0 Å². The second-order valence-corrected chi connectivity index (χ2v) is 6.83. The molecule has 0 saturated heterocycles. The smallest absolute Gasteiger partial charge is 0.430 e. The molecule has 2 rings (SSSR count). The van der Waals surface area contributed by atoms with Gasteiger partial charge in [-0.05, 0) is 17.7 Å². The summed E-state index contributed by atoms with van der Waals surface area (Å²) in [4.78, 5) is 24.6. The molecule has 2 aromatic carbocycles. The molecule has 0 heterocycles. The number of amides is 1. The van der Waals surface area contributed by atoms with Crippen molar-refractivity contribution in [3.63, 3.8) is 0 Å². The second kappa shape index (κ2) is 9.11. The number of carbonyl (C=O) groups is 2. The summed E-state index contributed by atoms with van der Waals surface area (Å²) in [7, 11) is 1.98. The van der Waals surface area contributed by atoms with Crippen molar-refractivity contribution >= 4 is 35.1 Å². The lowest BCUT2D eigenvalue weighted by molar-refractivity contribution is -0.266. The molecule has 0 bridgehead atoms. The summed E-state index contributed by atoms with van der Waals surface area (Å²) in [5.74, 6) is -3.32. The first-order chi connectivity index (χ1) is 14.0. The van der Waals surface area contributed by atoms with Gasteiger partial charge in [0.25, 0.3) is 11.5 Å². The van der Waals surface area contributed by atoms with E-state index in [2.05, 4.69) is 4.74 Å². The molecule has 6 nitrogen and oxygen atoms in total. The third kappa shape index (κ3) is 4.33. The highest BCUT2D eigenvalue weighted by molar-refractivity contribution is 6.37. The van der Waals surface area contributed by atoms with E-state index in [1.807, 2.05) is 5.32 Å². The van der Waals surface area contributed by atoms with E-state index in [9.17, 15) is 27.9 Å². The highest BCUT2D eigenvalue weighted by Crippen LogP contribution is 2.43. The molecule has 30 heavy (non-hydrogen) atoms. The average Bonchev–Trinajstić information content (AvgIpc) is 2.66. The molecular formula is C19H16Cl2F3NO5. The minimum Gasteiger partial charge on any atom is -0.494 e. The van der Waals surface area contributed by atoms with Crippen LogP contribution in [0.5, 0.6) is 5.75 Å². The Morgan fingerprint density at radius 3 is 2.00 bits per heavy atom. The third-order valence-corrected chi connectivity index (χ3v) is 4.85. The quantitative estimate of drug-likeness (QED) is 0.634.